The summed E-state index contributed by atoms with van der Waals surface area (Å²) in [5.74, 6) is -0.0102. The highest BCUT2D eigenvalue weighted by Crippen LogP contribution is 2.19. The zero-order valence-corrected chi connectivity index (χ0v) is 13.9. The second kappa shape index (κ2) is 5.89. The van der Waals surface area contributed by atoms with Crippen molar-refractivity contribution in [3.8, 4) is 5.69 Å². The van der Waals surface area contributed by atoms with Crippen LogP contribution in [0.2, 0.25) is 0 Å². The number of benzene rings is 2. The van der Waals surface area contributed by atoms with Crippen LogP contribution in [-0.2, 0) is 0 Å². The maximum Gasteiger partial charge on any atom is 0.280 e. The van der Waals surface area contributed by atoms with E-state index in [0.29, 0.717) is 5.95 Å². The first-order valence-corrected chi connectivity index (χ1v) is 7.93. The molecule has 2 N–H and O–H groups in total. The molecule has 2 aromatic carbocycles. The van der Waals surface area contributed by atoms with Crippen LogP contribution in [0.4, 0.5) is 5.95 Å². The molecule has 2 heterocycles. The summed E-state index contributed by atoms with van der Waals surface area (Å²) in [7, 11) is 0. The number of nitrogens with one attached hydrogen (secondary N) is 2. The second-order valence-electron chi connectivity index (χ2n) is 5.06. The number of anilines is 1. The van der Waals surface area contributed by atoms with E-state index < -0.39 is 0 Å². The maximum absolute atomic E-state index is 12.3. The van der Waals surface area contributed by atoms with Crippen molar-refractivity contribution in [1.82, 2.24) is 25.0 Å². The SMILES string of the molecule is O=C(Nc1nc2ccccc2[nH]1)c1cn(-c2ccccc2Br)nn1. The Morgan fingerprint density at radius 1 is 1.12 bits per heavy atom. The highest BCUT2D eigenvalue weighted by Gasteiger charge is 2.14. The van der Waals surface area contributed by atoms with Gasteiger partial charge in [-0.05, 0) is 40.2 Å². The Hall–Kier alpha value is -3.00. The number of aromatic nitrogens is 5. The molecule has 0 aliphatic rings. The van der Waals surface area contributed by atoms with Crippen molar-refractivity contribution >= 4 is 38.8 Å². The van der Waals surface area contributed by atoms with E-state index >= 15 is 0 Å². The minimum absolute atomic E-state index is 0.200. The van der Waals surface area contributed by atoms with Crippen LogP contribution in [0, 0.1) is 0 Å². The third kappa shape index (κ3) is 2.67. The van der Waals surface area contributed by atoms with E-state index in [-0.39, 0.29) is 11.6 Å². The van der Waals surface area contributed by atoms with Crippen molar-refractivity contribution < 1.29 is 4.79 Å². The van der Waals surface area contributed by atoms with Gasteiger partial charge in [-0.1, -0.05) is 29.5 Å². The van der Waals surface area contributed by atoms with Crippen LogP contribution in [-0.4, -0.2) is 30.9 Å². The number of halogens is 1. The number of fused-ring (bicyclic) bond motifs is 1. The number of hydrogen-bond donors (Lipinski definition) is 2. The molecule has 24 heavy (non-hydrogen) atoms. The molecule has 0 fully saturated rings. The summed E-state index contributed by atoms with van der Waals surface area (Å²) < 4.78 is 2.40. The standard InChI is InChI=1S/C16H11BrN6O/c17-10-5-1-4-8-14(10)23-9-13(21-22-23)15(24)20-16-18-11-6-2-3-7-12(11)19-16/h1-9H,(H2,18,19,20,24). The van der Waals surface area contributed by atoms with Crippen molar-refractivity contribution in [3.63, 3.8) is 0 Å². The van der Waals surface area contributed by atoms with Crippen molar-refractivity contribution in [1.29, 1.82) is 0 Å². The number of imidazole rings is 1. The zero-order valence-electron chi connectivity index (χ0n) is 12.3. The summed E-state index contributed by atoms with van der Waals surface area (Å²) in [6.45, 7) is 0. The fourth-order valence-corrected chi connectivity index (χ4v) is 2.77. The molecule has 2 aromatic heterocycles. The molecule has 0 saturated carbocycles. The average molecular weight is 383 g/mol. The van der Waals surface area contributed by atoms with Crippen molar-refractivity contribution in [2.75, 3.05) is 5.32 Å². The second-order valence-corrected chi connectivity index (χ2v) is 5.91. The van der Waals surface area contributed by atoms with Crippen LogP contribution in [0.1, 0.15) is 10.5 Å². The largest absolute Gasteiger partial charge is 0.324 e. The number of H-pyrrole nitrogens is 1. The lowest BCUT2D eigenvalue weighted by molar-refractivity contribution is 0.102. The van der Waals surface area contributed by atoms with Gasteiger partial charge in [0, 0.05) is 4.47 Å². The monoisotopic (exact) mass is 382 g/mol. The predicted molar refractivity (Wildman–Crippen MR) is 93.1 cm³/mol. The average Bonchev–Trinajstić information content (AvgIpc) is 3.21. The van der Waals surface area contributed by atoms with Gasteiger partial charge in [0.15, 0.2) is 5.69 Å². The number of rotatable bonds is 3. The molecule has 118 valence electrons. The molecular formula is C16H11BrN6O. The number of carbonyl (C=O) groups excluding carboxylic acids is 1. The molecule has 8 heteroatoms. The van der Waals surface area contributed by atoms with E-state index in [1.54, 1.807) is 6.20 Å². The highest BCUT2D eigenvalue weighted by molar-refractivity contribution is 9.10. The zero-order chi connectivity index (χ0) is 16.5. The van der Waals surface area contributed by atoms with Gasteiger partial charge in [0.05, 0.1) is 22.9 Å². The fourth-order valence-electron chi connectivity index (χ4n) is 2.31. The van der Waals surface area contributed by atoms with Gasteiger partial charge in [0.25, 0.3) is 5.91 Å². The van der Waals surface area contributed by atoms with E-state index in [9.17, 15) is 4.79 Å². The van der Waals surface area contributed by atoms with Gasteiger partial charge in [-0.2, -0.15) is 0 Å². The summed E-state index contributed by atoms with van der Waals surface area (Å²) in [5, 5.41) is 10.6. The summed E-state index contributed by atoms with van der Waals surface area (Å²) >= 11 is 3.45. The van der Waals surface area contributed by atoms with Crippen LogP contribution in [0.25, 0.3) is 16.7 Å². The van der Waals surface area contributed by atoms with Crippen molar-refractivity contribution in [3.05, 3.63) is 64.9 Å². The normalized spacial score (nSPS) is 10.9. The first-order chi connectivity index (χ1) is 11.7. The molecule has 7 nitrogen and oxygen atoms in total. The van der Waals surface area contributed by atoms with Crippen LogP contribution in [0.3, 0.4) is 0 Å². The lowest BCUT2D eigenvalue weighted by Gasteiger charge is -2.01. The number of carbonyl (C=O) groups is 1. The minimum atomic E-state index is -0.382. The van der Waals surface area contributed by atoms with E-state index in [1.165, 1.54) is 4.68 Å². The Kier molecular flexibility index (Phi) is 3.58. The Balaban J connectivity index is 1.58. The predicted octanol–water partition coefficient (Wildman–Crippen LogP) is 3.16. The first-order valence-electron chi connectivity index (χ1n) is 7.14. The summed E-state index contributed by atoms with van der Waals surface area (Å²) in [6.07, 6.45) is 1.57. The van der Waals surface area contributed by atoms with Gasteiger partial charge in [0.1, 0.15) is 0 Å². The van der Waals surface area contributed by atoms with E-state index in [2.05, 4.69) is 41.5 Å². The van der Waals surface area contributed by atoms with Crippen LogP contribution >= 0.6 is 15.9 Å². The van der Waals surface area contributed by atoms with Gasteiger partial charge in [-0.3, -0.25) is 10.1 Å². The molecule has 0 unspecified atom stereocenters. The van der Waals surface area contributed by atoms with E-state index in [0.717, 1.165) is 21.2 Å². The van der Waals surface area contributed by atoms with Crippen LogP contribution < -0.4 is 5.32 Å². The smallest absolute Gasteiger partial charge is 0.280 e. The van der Waals surface area contributed by atoms with Crippen molar-refractivity contribution in [2.24, 2.45) is 0 Å². The number of amides is 1. The topological polar surface area (TPSA) is 88.5 Å². The summed E-state index contributed by atoms with van der Waals surface area (Å²) in [5.41, 5.74) is 2.63. The van der Waals surface area contributed by atoms with E-state index in [1.807, 2.05) is 48.5 Å². The third-order valence-corrected chi connectivity index (χ3v) is 4.12. The number of aromatic amines is 1. The molecule has 0 atom stereocenters. The first kappa shape index (κ1) is 14.6. The molecule has 4 rings (SSSR count). The van der Waals surface area contributed by atoms with Gasteiger partial charge >= 0.3 is 0 Å². The Morgan fingerprint density at radius 2 is 1.92 bits per heavy atom. The molecule has 0 radical (unpaired) electrons. The molecule has 0 saturated heterocycles. The van der Waals surface area contributed by atoms with E-state index in [4.69, 9.17) is 0 Å². The Bertz CT molecular complexity index is 1000. The summed E-state index contributed by atoms with van der Waals surface area (Å²) in [6, 6.07) is 15.1. The van der Waals surface area contributed by atoms with Crippen LogP contribution in [0.5, 0.6) is 0 Å². The molecule has 0 spiro atoms. The molecule has 0 bridgehead atoms. The quantitative estimate of drug-likeness (QED) is 0.569. The Labute approximate surface area is 144 Å². The molecular weight excluding hydrogens is 372 g/mol. The minimum Gasteiger partial charge on any atom is -0.324 e. The molecule has 0 aliphatic heterocycles. The lowest BCUT2D eigenvalue weighted by Crippen LogP contribution is -2.13. The molecule has 0 aliphatic carbocycles. The van der Waals surface area contributed by atoms with Gasteiger partial charge in [-0.25, -0.2) is 9.67 Å². The molecule has 1 amide bonds. The van der Waals surface area contributed by atoms with Gasteiger partial charge in [0.2, 0.25) is 5.95 Å². The van der Waals surface area contributed by atoms with Gasteiger partial charge < -0.3 is 4.98 Å². The fraction of sp³-hybridized carbons (Fsp3) is 0. The van der Waals surface area contributed by atoms with Crippen molar-refractivity contribution in [2.45, 2.75) is 0 Å². The van der Waals surface area contributed by atoms with Crippen LogP contribution in [0.15, 0.2) is 59.2 Å². The lowest BCUT2D eigenvalue weighted by atomic mass is 10.3. The van der Waals surface area contributed by atoms with Gasteiger partial charge in [-0.15, -0.1) is 5.10 Å². The highest BCUT2D eigenvalue weighted by atomic mass is 79.9. The molecule has 4 aromatic rings. The number of hydrogen-bond acceptors (Lipinski definition) is 4. The number of nitrogens with zero attached hydrogens (tertiary/aromatic N) is 4. The summed E-state index contributed by atoms with van der Waals surface area (Å²) in [4.78, 5) is 19.7. The number of para-hydroxylation sites is 3. The Morgan fingerprint density at radius 3 is 2.75 bits per heavy atom. The maximum atomic E-state index is 12.3. The third-order valence-electron chi connectivity index (χ3n) is 3.45.